The van der Waals surface area contributed by atoms with Gasteiger partial charge < -0.3 is 15.6 Å². The van der Waals surface area contributed by atoms with Crippen LogP contribution in [0.25, 0.3) is 0 Å². The number of nitrogens with two attached hydrogens (primary N) is 1. The SMILES string of the molecule is CSC[C@](N)(C(=O)O)C(=O)OC(C)(C)C. The van der Waals surface area contributed by atoms with E-state index in [1.807, 2.05) is 0 Å². The number of carboxylic acids is 1. The molecule has 0 aliphatic rings. The highest BCUT2D eigenvalue weighted by Gasteiger charge is 2.45. The van der Waals surface area contributed by atoms with Gasteiger partial charge in [-0.3, -0.25) is 0 Å². The van der Waals surface area contributed by atoms with Gasteiger partial charge in [0.15, 0.2) is 0 Å². The molecule has 0 aliphatic carbocycles. The van der Waals surface area contributed by atoms with Crippen molar-refractivity contribution < 1.29 is 19.4 Å². The Balaban J connectivity index is 4.79. The van der Waals surface area contributed by atoms with Gasteiger partial charge in [0, 0.05) is 5.75 Å². The van der Waals surface area contributed by atoms with Crippen LogP contribution in [-0.2, 0) is 14.3 Å². The Morgan fingerprint density at radius 3 is 2.13 bits per heavy atom. The summed E-state index contributed by atoms with van der Waals surface area (Å²) in [6, 6.07) is 0. The molecule has 0 amide bonds. The van der Waals surface area contributed by atoms with Crippen LogP contribution in [0.2, 0.25) is 0 Å². The molecule has 0 heterocycles. The fraction of sp³-hybridized carbons (Fsp3) is 0.778. The van der Waals surface area contributed by atoms with Gasteiger partial charge in [0.05, 0.1) is 0 Å². The second-order valence-electron chi connectivity index (χ2n) is 4.21. The number of ether oxygens (including phenoxy) is 1. The van der Waals surface area contributed by atoms with Crippen LogP contribution in [0.5, 0.6) is 0 Å². The molecule has 88 valence electrons. The van der Waals surface area contributed by atoms with Crippen molar-refractivity contribution in [3.63, 3.8) is 0 Å². The molecule has 0 aliphatic heterocycles. The predicted molar refractivity (Wildman–Crippen MR) is 58.8 cm³/mol. The van der Waals surface area contributed by atoms with E-state index < -0.39 is 23.1 Å². The molecular formula is C9H17NO4S. The molecule has 1 atom stereocenters. The van der Waals surface area contributed by atoms with Gasteiger partial charge in [0.25, 0.3) is 0 Å². The van der Waals surface area contributed by atoms with E-state index in [0.717, 1.165) is 0 Å². The van der Waals surface area contributed by atoms with Gasteiger partial charge in [-0.1, -0.05) is 0 Å². The minimum Gasteiger partial charge on any atom is -0.479 e. The van der Waals surface area contributed by atoms with E-state index >= 15 is 0 Å². The minimum atomic E-state index is -1.97. The van der Waals surface area contributed by atoms with E-state index in [9.17, 15) is 9.59 Å². The van der Waals surface area contributed by atoms with Crippen LogP contribution in [0.1, 0.15) is 20.8 Å². The number of aliphatic carboxylic acids is 1. The third-order valence-corrected chi connectivity index (χ3v) is 2.26. The molecule has 0 bridgehead atoms. The van der Waals surface area contributed by atoms with Gasteiger partial charge >= 0.3 is 11.9 Å². The van der Waals surface area contributed by atoms with Crippen molar-refractivity contribution in [3.8, 4) is 0 Å². The highest BCUT2D eigenvalue weighted by Crippen LogP contribution is 2.16. The van der Waals surface area contributed by atoms with E-state index in [1.165, 1.54) is 11.8 Å². The Bertz CT molecular complexity index is 261. The van der Waals surface area contributed by atoms with Crippen molar-refractivity contribution in [2.75, 3.05) is 12.0 Å². The number of carbonyl (C=O) groups excluding carboxylic acids is 1. The van der Waals surface area contributed by atoms with Crippen molar-refractivity contribution in [2.24, 2.45) is 5.73 Å². The Hall–Kier alpha value is -0.750. The number of esters is 1. The Kier molecular flexibility index (Phi) is 4.61. The number of hydrogen-bond donors (Lipinski definition) is 2. The molecule has 0 saturated carbocycles. The highest BCUT2D eigenvalue weighted by atomic mass is 32.2. The van der Waals surface area contributed by atoms with Gasteiger partial charge in [-0.15, -0.1) is 0 Å². The second kappa shape index (κ2) is 4.85. The monoisotopic (exact) mass is 235 g/mol. The number of carbonyl (C=O) groups is 2. The molecule has 6 heteroatoms. The lowest BCUT2D eigenvalue weighted by Crippen LogP contribution is -2.59. The zero-order valence-corrected chi connectivity index (χ0v) is 10.2. The van der Waals surface area contributed by atoms with E-state index in [2.05, 4.69) is 0 Å². The predicted octanol–water partition coefficient (Wildman–Crippen LogP) is 0.473. The van der Waals surface area contributed by atoms with E-state index in [4.69, 9.17) is 15.6 Å². The summed E-state index contributed by atoms with van der Waals surface area (Å²) in [5.41, 5.74) is 2.80. The van der Waals surface area contributed by atoms with Crippen LogP contribution in [0.3, 0.4) is 0 Å². The first-order valence-electron chi connectivity index (χ1n) is 4.38. The first-order chi connectivity index (χ1) is 6.63. The van der Waals surface area contributed by atoms with E-state index in [-0.39, 0.29) is 5.75 Å². The molecule has 15 heavy (non-hydrogen) atoms. The zero-order chi connectivity index (χ0) is 12.3. The zero-order valence-electron chi connectivity index (χ0n) is 9.36. The number of carboxylic acid groups (broad SMARTS) is 1. The fourth-order valence-corrected chi connectivity index (χ4v) is 1.50. The van der Waals surface area contributed by atoms with E-state index in [0.29, 0.717) is 0 Å². The molecule has 0 saturated heterocycles. The Morgan fingerprint density at radius 2 is 1.87 bits per heavy atom. The van der Waals surface area contributed by atoms with Crippen molar-refractivity contribution >= 4 is 23.7 Å². The summed E-state index contributed by atoms with van der Waals surface area (Å²) < 4.78 is 4.96. The maximum atomic E-state index is 11.6. The molecule has 0 aromatic rings. The molecule has 5 nitrogen and oxygen atoms in total. The van der Waals surface area contributed by atoms with Gasteiger partial charge in [0.1, 0.15) is 5.60 Å². The second-order valence-corrected chi connectivity index (χ2v) is 5.08. The summed E-state index contributed by atoms with van der Waals surface area (Å²) in [5, 5.41) is 8.89. The summed E-state index contributed by atoms with van der Waals surface area (Å²) in [6.45, 7) is 4.98. The molecule has 0 fully saturated rings. The normalized spacial score (nSPS) is 15.5. The van der Waals surface area contributed by atoms with E-state index in [1.54, 1.807) is 27.0 Å². The van der Waals surface area contributed by atoms with Crippen LogP contribution in [-0.4, -0.2) is 40.2 Å². The first-order valence-corrected chi connectivity index (χ1v) is 5.77. The quantitative estimate of drug-likeness (QED) is 0.544. The lowest BCUT2D eigenvalue weighted by Gasteiger charge is -2.27. The molecule has 3 N–H and O–H groups in total. The maximum Gasteiger partial charge on any atom is 0.339 e. The summed E-state index contributed by atoms with van der Waals surface area (Å²) in [5.74, 6) is -2.29. The molecule has 0 unspecified atom stereocenters. The van der Waals surface area contributed by atoms with Gasteiger partial charge in [-0.25, -0.2) is 9.59 Å². The van der Waals surface area contributed by atoms with Crippen molar-refractivity contribution in [3.05, 3.63) is 0 Å². The number of hydrogen-bond acceptors (Lipinski definition) is 5. The van der Waals surface area contributed by atoms with Crippen molar-refractivity contribution in [1.82, 2.24) is 0 Å². The Labute approximate surface area is 93.4 Å². The third-order valence-electron chi connectivity index (χ3n) is 1.52. The van der Waals surface area contributed by atoms with Crippen LogP contribution >= 0.6 is 11.8 Å². The average Bonchev–Trinajstić information content (AvgIpc) is 2.00. The fourth-order valence-electron chi connectivity index (χ4n) is 0.805. The summed E-state index contributed by atoms with van der Waals surface area (Å²) in [4.78, 5) is 22.5. The molecular weight excluding hydrogens is 218 g/mol. The first kappa shape index (κ1) is 14.2. The smallest absolute Gasteiger partial charge is 0.339 e. The van der Waals surface area contributed by atoms with Crippen LogP contribution in [0.15, 0.2) is 0 Å². The summed E-state index contributed by atoms with van der Waals surface area (Å²) in [7, 11) is 0. The largest absolute Gasteiger partial charge is 0.479 e. The molecule has 0 aromatic carbocycles. The summed E-state index contributed by atoms with van der Waals surface area (Å²) >= 11 is 1.18. The number of rotatable bonds is 4. The summed E-state index contributed by atoms with van der Waals surface area (Å²) in [6.07, 6.45) is 1.68. The lowest BCUT2D eigenvalue weighted by molar-refractivity contribution is -0.167. The minimum absolute atomic E-state index is 0.0166. The van der Waals surface area contributed by atoms with Crippen molar-refractivity contribution in [2.45, 2.75) is 31.9 Å². The van der Waals surface area contributed by atoms with Crippen LogP contribution < -0.4 is 5.73 Å². The standard InChI is InChI=1S/C9H17NO4S/c1-8(2,3)14-7(13)9(10,5-15-4)6(11)12/h5,10H2,1-4H3,(H,11,12)/t9-/m0/s1. The number of thioether (sulfide) groups is 1. The molecule has 0 radical (unpaired) electrons. The molecule has 0 rings (SSSR count). The average molecular weight is 235 g/mol. The third kappa shape index (κ3) is 4.09. The van der Waals surface area contributed by atoms with Crippen LogP contribution in [0.4, 0.5) is 0 Å². The van der Waals surface area contributed by atoms with Gasteiger partial charge in [0.2, 0.25) is 5.54 Å². The topological polar surface area (TPSA) is 89.6 Å². The van der Waals surface area contributed by atoms with Gasteiger partial charge in [-0.2, -0.15) is 11.8 Å². The van der Waals surface area contributed by atoms with Gasteiger partial charge in [-0.05, 0) is 27.0 Å². The van der Waals surface area contributed by atoms with Crippen LogP contribution in [0, 0.1) is 0 Å². The van der Waals surface area contributed by atoms with Crippen molar-refractivity contribution in [1.29, 1.82) is 0 Å². The molecule has 0 spiro atoms. The maximum absolute atomic E-state index is 11.6. The lowest BCUT2D eigenvalue weighted by atomic mass is 10.0. The highest BCUT2D eigenvalue weighted by molar-refractivity contribution is 7.98. The molecule has 0 aromatic heterocycles. The Morgan fingerprint density at radius 1 is 1.40 bits per heavy atom.